The van der Waals surface area contributed by atoms with E-state index < -0.39 is 0 Å². The molecule has 3 rings (SSSR count). The van der Waals surface area contributed by atoms with Crippen LogP contribution in [0.15, 0.2) is 46.7 Å². The van der Waals surface area contributed by atoms with E-state index in [1.807, 2.05) is 24.3 Å². The summed E-state index contributed by atoms with van der Waals surface area (Å²) in [6.07, 6.45) is 2.59. The molecule has 0 bridgehead atoms. The number of imidazole rings is 1. The van der Waals surface area contributed by atoms with E-state index in [9.17, 15) is 4.79 Å². The van der Waals surface area contributed by atoms with Gasteiger partial charge in [-0.05, 0) is 43.3 Å². The van der Waals surface area contributed by atoms with E-state index in [1.165, 1.54) is 11.8 Å². The van der Waals surface area contributed by atoms with Crippen LogP contribution in [0, 0.1) is 0 Å². The topological polar surface area (TPSA) is 57.0 Å². The van der Waals surface area contributed by atoms with Gasteiger partial charge in [0, 0.05) is 19.2 Å². The van der Waals surface area contributed by atoms with Crippen molar-refractivity contribution in [2.45, 2.75) is 36.5 Å². The van der Waals surface area contributed by atoms with E-state index in [2.05, 4.69) is 14.5 Å². The number of rotatable bonds is 7. The molecule has 0 N–H and O–H groups in total. The lowest BCUT2D eigenvalue weighted by atomic mass is 10.3. The number of hydrogen-bond acceptors (Lipinski definition) is 5. The molecular formula is C18H17Cl2N3O2S. The second-order valence-electron chi connectivity index (χ2n) is 5.49. The van der Waals surface area contributed by atoms with E-state index in [0.717, 1.165) is 16.2 Å². The van der Waals surface area contributed by atoms with E-state index >= 15 is 0 Å². The Morgan fingerprint density at radius 1 is 1.31 bits per heavy atom. The minimum absolute atomic E-state index is 0.187. The molecule has 0 spiro atoms. The number of halogens is 2. The van der Waals surface area contributed by atoms with Gasteiger partial charge in [-0.15, -0.1) is 0 Å². The van der Waals surface area contributed by atoms with Crippen molar-refractivity contribution in [1.82, 2.24) is 14.5 Å². The predicted molar refractivity (Wildman–Crippen MR) is 104 cm³/mol. The van der Waals surface area contributed by atoms with Gasteiger partial charge in [-0.1, -0.05) is 35.3 Å². The van der Waals surface area contributed by atoms with Crippen LogP contribution in [-0.2, 0) is 16.1 Å². The van der Waals surface area contributed by atoms with Gasteiger partial charge in [0.2, 0.25) is 0 Å². The van der Waals surface area contributed by atoms with Crippen LogP contribution in [0.5, 0.6) is 0 Å². The lowest BCUT2D eigenvalue weighted by Gasteiger charge is -2.09. The number of carbonyl (C=O) groups excluding carboxylic acids is 1. The zero-order valence-corrected chi connectivity index (χ0v) is 16.4. The van der Waals surface area contributed by atoms with Crippen molar-refractivity contribution < 1.29 is 9.53 Å². The maximum absolute atomic E-state index is 11.6. The van der Waals surface area contributed by atoms with Crippen molar-refractivity contribution in [2.24, 2.45) is 0 Å². The number of benzene rings is 1. The number of para-hydroxylation sites is 2. The van der Waals surface area contributed by atoms with Gasteiger partial charge >= 0.3 is 5.97 Å². The maximum Gasteiger partial charge on any atom is 0.305 e. The molecule has 1 aromatic carbocycles. The summed E-state index contributed by atoms with van der Waals surface area (Å²) in [5.41, 5.74) is 1.89. The number of nitrogens with zero attached hydrogens (tertiary/aromatic N) is 3. The molecule has 0 radical (unpaired) electrons. The van der Waals surface area contributed by atoms with Gasteiger partial charge in [0.15, 0.2) is 5.16 Å². The molecule has 0 unspecified atom stereocenters. The summed E-state index contributed by atoms with van der Waals surface area (Å²) in [4.78, 5) is 20.6. The van der Waals surface area contributed by atoms with Gasteiger partial charge in [0.25, 0.3) is 0 Å². The van der Waals surface area contributed by atoms with Crippen LogP contribution in [0.2, 0.25) is 10.0 Å². The molecule has 0 amide bonds. The van der Waals surface area contributed by atoms with Crippen LogP contribution < -0.4 is 0 Å². The lowest BCUT2D eigenvalue weighted by molar-refractivity contribution is -0.143. The SMILES string of the molecule is CCOC(=O)CCCn1c(Sc2ncc(Cl)cc2Cl)nc2ccccc21. The van der Waals surface area contributed by atoms with Crippen LogP contribution in [0.3, 0.4) is 0 Å². The quantitative estimate of drug-likeness (QED) is 0.499. The first-order chi connectivity index (χ1) is 12.6. The van der Waals surface area contributed by atoms with Crippen molar-refractivity contribution in [3.63, 3.8) is 0 Å². The molecule has 0 aliphatic rings. The third kappa shape index (κ3) is 4.50. The molecule has 136 valence electrons. The number of carbonyl (C=O) groups is 1. The van der Waals surface area contributed by atoms with Gasteiger partial charge in [-0.2, -0.15) is 0 Å². The first kappa shape index (κ1) is 19.0. The number of fused-ring (bicyclic) bond motifs is 1. The molecule has 0 aliphatic carbocycles. The average Bonchev–Trinajstić information content (AvgIpc) is 2.95. The van der Waals surface area contributed by atoms with Crippen molar-refractivity contribution in [3.8, 4) is 0 Å². The number of ether oxygens (including phenoxy) is 1. The number of pyridine rings is 1. The van der Waals surface area contributed by atoms with Crippen LogP contribution in [-0.4, -0.2) is 27.1 Å². The number of aryl methyl sites for hydroxylation is 1. The molecule has 2 heterocycles. The molecule has 0 saturated heterocycles. The summed E-state index contributed by atoms with van der Waals surface area (Å²) in [7, 11) is 0. The average molecular weight is 410 g/mol. The minimum Gasteiger partial charge on any atom is -0.466 e. The molecule has 0 aliphatic heterocycles. The minimum atomic E-state index is -0.187. The largest absolute Gasteiger partial charge is 0.466 e. The zero-order chi connectivity index (χ0) is 18.5. The second-order valence-corrected chi connectivity index (χ2v) is 7.29. The van der Waals surface area contributed by atoms with Crippen molar-refractivity contribution in [1.29, 1.82) is 0 Å². The first-order valence-electron chi connectivity index (χ1n) is 8.18. The third-order valence-electron chi connectivity index (χ3n) is 3.65. The Kier molecular flexibility index (Phi) is 6.40. The fraction of sp³-hybridized carbons (Fsp3) is 0.278. The Morgan fingerprint density at radius 3 is 2.88 bits per heavy atom. The molecule has 2 aromatic heterocycles. The third-order valence-corrected chi connectivity index (χ3v) is 5.27. The number of esters is 1. The van der Waals surface area contributed by atoms with E-state index in [0.29, 0.717) is 41.1 Å². The van der Waals surface area contributed by atoms with E-state index in [-0.39, 0.29) is 5.97 Å². The van der Waals surface area contributed by atoms with Gasteiger partial charge < -0.3 is 9.30 Å². The number of aromatic nitrogens is 3. The summed E-state index contributed by atoms with van der Waals surface area (Å²) in [5.74, 6) is -0.187. The van der Waals surface area contributed by atoms with Crippen LogP contribution in [0.25, 0.3) is 11.0 Å². The first-order valence-corrected chi connectivity index (χ1v) is 9.75. The summed E-state index contributed by atoms with van der Waals surface area (Å²) in [5, 5.41) is 2.37. The molecule has 8 heteroatoms. The van der Waals surface area contributed by atoms with Crippen LogP contribution in [0.4, 0.5) is 0 Å². The highest BCUT2D eigenvalue weighted by atomic mass is 35.5. The maximum atomic E-state index is 11.6. The normalized spacial score (nSPS) is 11.0. The highest BCUT2D eigenvalue weighted by Gasteiger charge is 2.15. The highest BCUT2D eigenvalue weighted by molar-refractivity contribution is 7.99. The van der Waals surface area contributed by atoms with Crippen LogP contribution >= 0.6 is 35.0 Å². The zero-order valence-electron chi connectivity index (χ0n) is 14.1. The standard InChI is InChI=1S/C18H17Cl2N3O2S/c1-2-25-16(24)8-5-9-23-15-7-4-3-6-14(15)22-18(23)26-17-13(20)10-12(19)11-21-17/h3-4,6-7,10-11H,2,5,8-9H2,1H3. The Morgan fingerprint density at radius 2 is 2.12 bits per heavy atom. The predicted octanol–water partition coefficient (Wildman–Crippen LogP) is 5.23. The van der Waals surface area contributed by atoms with Crippen LogP contribution in [0.1, 0.15) is 19.8 Å². The molecule has 0 fully saturated rings. The van der Waals surface area contributed by atoms with Gasteiger partial charge in [-0.25, -0.2) is 9.97 Å². The van der Waals surface area contributed by atoms with E-state index in [4.69, 9.17) is 27.9 Å². The lowest BCUT2D eigenvalue weighted by Crippen LogP contribution is -2.07. The van der Waals surface area contributed by atoms with Crippen molar-refractivity contribution in [2.75, 3.05) is 6.61 Å². The fourth-order valence-corrected chi connectivity index (χ4v) is 3.90. The molecular weight excluding hydrogens is 393 g/mol. The summed E-state index contributed by atoms with van der Waals surface area (Å²) < 4.78 is 7.07. The second kappa shape index (κ2) is 8.75. The van der Waals surface area contributed by atoms with Gasteiger partial charge in [-0.3, -0.25) is 4.79 Å². The molecule has 0 saturated carbocycles. The summed E-state index contributed by atoms with van der Waals surface area (Å²) in [6.45, 7) is 2.85. The number of hydrogen-bond donors (Lipinski definition) is 0. The van der Waals surface area contributed by atoms with E-state index in [1.54, 1.807) is 19.2 Å². The van der Waals surface area contributed by atoms with Gasteiger partial charge in [0.05, 0.1) is 27.7 Å². The molecule has 26 heavy (non-hydrogen) atoms. The Balaban J connectivity index is 1.85. The summed E-state index contributed by atoms with van der Waals surface area (Å²) >= 11 is 13.5. The molecule has 0 atom stereocenters. The Bertz CT molecular complexity index is 930. The highest BCUT2D eigenvalue weighted by Crippen LogP contribution is 2.34. The van der Waals surface area contributed by atoms with Crippen molar-refractivity contribution in [3.05, 3.63) is 46.6 Å². The Labute approximate surface area is 165 Å². The van der Waals surface area contributed by atoms with Crippen molar-refractivity contribution >= 4 is 52.0 Å². The molecule has 3 aromatic rings. The van der Waals surface area contributed by atoms with Gasteiger partial charge in [0.1, 0.15) is 5.03 Å². The Hall–Kier alpha value is -1.76. The monoisotopic (exact) mass is 409 g/mol. The summed E-state index contributed by atoms with van der Waals surface area (Å²) in [6, 6.07) is 9.53. The smallest absolute Gasteiger partial charge is 0.305 e. The fourth-order valence-electron chi connectivity index (χ4n) is 2.53. The molecule has 5 nitrogen and oxygen atoms in total.